The van der Waals surface area contributed by atoms with E-state index in [1.807, 2.05) is 0 Å². The van der Waals surface area contributed by atoms with Gasteiger partial charge < -0.3 is 14.5 Å². The summed E-state index contributed by atoms with van der Waals surface area (Å²) in [6.45, 7) is 5.45. The molecule has 1 N–H and O–H groups in total. The van der Waals surface area contributed by atoms with Gasteiger partial charge in [0.1, 0.15) is 12.1 Å². The molecule has 28 heavy (non-hydrogen) atoms. The van der Waals surface area contributed by atoms with Crippen LogP contribution >= 0.6 is 0 Å². The van der Waals surface area contributed by atoms with E-state index in [0.717, 1.165) is 69.0 Å². The molecule has 2 aliphatic heterocycles. The molecule has 2 fully saturated rings. The minimum atomic E-state index is -3.17. The number of fused-ring (bicyclic) bond motifs is 1. The van der Waals surface area contributed by atoms with Gasteiger partial charge in [0.05, 0.1) is 25.0 Å². The molecule has 4 rings (SSSR count). The third kappa shape index (κ3) is 4.53. The lowest BCUT2D eigenvalue weighted by atomic mass is 9.98. The highest BCUT2D eigenvalue weighted by Gasteiger charge is 2.23. The second kappa shape index (κ2) is 8.18. The van der Waals surface area contributed by atoms with E-state index in [1.165, 1.54) is 11.9 Å². The minimum Gasteiger partial charge on any atom is -0.378 e. The van der Waals surface area contributed by atoms with Crippen molar-refractivity contribution in [2.45, 2.75) is 12.8 Å². The normalized spacial score (nSPS) is 21.2. The lowest BCUT2D eigenvalue weighted by molar-refractivity contribution is 0.122. The first kappa shape index (κ1) is 19.4. The third-order valence-corrected chi connectivity index (χ3v) is 6.12. The molecule has 1 aromatic heterocycles. The first-order chi connectivity index (χ1) is 13.5. The lowest BCUT2D eigenvalue weighted by Gasteiger charge is -2.34. The van der Waals surface area contributed by atoms with Gasteiger partial charge in [-0.3, -0.25) is 0 Å². The van der Waals surface area contributed by atoms with Crippen molar-refractivity contribution in [1.29, 1.82) is 0 Å². The summed E-state index contributed by atoms with van der Waals surface area (Å²) in [5, 5.41) is 1.04. The summed E-state index contributed by atoms with van der Waals surface area (Å²) in [5.74, 6) is 1.21. The van der Waals surface area contributed by atoms with Gasteiger partial charge in [-0.15, -0.1) is 0 Å². The fraction of sp³-hybridized carbons (Fsp3) is 0.579. The number of nitrogens with one attached hydrogen (secondary N) is 1. The van der Waals surface area contributed by atoms with Crippen molar-refractivity contribution in [3.63, 3.8) is 0 Å². The maximum atomic E-state index is 11.4. The van der Waals surface area contributed by atoms with Crippen LogP contribution in [-0.2, 0) is 14.8 Å². The van der Waals surface area contributed by atoms with Crippen LogP contribution in [0.1, 0.15) is 12.8 Å². The SMILES string of the molecule is CS(=O)(=O)NCC1CCCN(c2ncnc3ccc(N4CCOCC4)cc23)C1. The smallest absolute Gasteiger partial charge is 0.208 e. The standard InChI is InChI=1S/C19H27N5O3S/c1-28(25,26)22-12-15-3-2-6-24(13-15)19-17-11-16(23-7-9-27-10-8-23)4-5-18(17)20-14-21-19/h4-5,11,14-15,22H,2-3,6-10,12-13H2,1H3. The van der Waals surface area contributed by atoms with Gasteiger partial charge in [-0.2, -0.15) is 0 Å². The number of aromatic nitrogens is 2. The maximum absolute atomic E-state index is 11.4. The van der Waals surface area contributed by atoms with E-state index in [4.69, 9.17) is 4.74 Å². The van der Waals surface area contributed by atoms with Crippen LogP contribution in [0.25, 0.3) is 10.9 Å². The Labute approximate surface area is 165 Å². The fourth-order valence-corrected chi connectivity index (χ4v) is 4.53. The van der Waals surface area contributed by atoms with Crippen LogP contribution in [0.3, 0.4) is 0 Å². The molecular weight excluding hydrogens is 378 g/mol. The van der Waals surface area contributed by atoms with Crippen LogP contribution in [-0.4, -0.2) is 70.6 Å². The van der Waals surface area contributed by atoms with Crippen molar-refractivity contribution in [3.05, 3.63) is 24.5 Å². The largest absolute Gasteiger partial charge is 0.378 e. The summed E-state index contributed by atoms with van der Waals surface area (Å²) in [5.41, 5.74) is 2.09. The van der Waals surface area contributed by atoms with Crippen LogP contribution in [0.5, 0.6) is 0 Å². The first-order valence-electron chi connectivity index (χ1n) is 9.77. The van der Waals surface area contributed by atoms with Crippen LogP contribution < -0.4 is 14.5 Å². The number of hydrogen-bond acceptors (Lipinski definition) is 7. The van der Waals surface area contributed by atoms with Crippen LogP contribution in [0.2, 0.25) is 0 Å². The molecule has 0 saturated carbocycles. The molecule has 3 heterocycles. The lowest BCUT2D eigenvalue weighted by Crippen LogP contribution is -2.41. The zero-order valence-corrected chi connectivity index (χ0v) is 17.0. The highest BCUT2D eigenvalue weighted by atomic mass is 32.2. The Hall–Kier alpha value is -1.97. The Morgan fingerprint density at radius 3 is 2.79 bits per heavy atom. The van der Waals surface area contributed by atoms with Crippen molar-refractivity contribution in [2.24, 2.45) is 5.92 Å². The molecule has 1 unspecified atom stereocenters. The summed E-state index contributed by atoms with van der Waals surface area (Å²) in [7, 11) is -3.17. The van der Waals surface area contributed by atoms with E-state index < -0.39 is 10.0 Å². The number of hydrogen-bond donors (Lipinski definition) is 1. The zero-order chi connectivity index (χ0) is 19.6. The molecule has 152 valence electrons. The average Bonchev–Trinajstić information content (AvgIpc) is 2.72. The van der Waals surface area contributed by atoms with Gasteiger partial charge in [0.15, 0.2) is 0 Å². The van der Waals surface area contributed by atoms with Crippen LogP contribution in [0, 0.1) is 5.92 Å². The zero-order valence-electron chi connectivity index (χ0n) is 16.2. The molecule has 0 radical (unpaired) electrons. The predicted octanol–water partition coefficient (Wildman–Crippen LogP) is 1.23. The summed E-state index contributed by atoms with van der Waals surface area (Å²) in [6.07, 6.45) is 4.86. The van der Waals surface area contributed by atoms with Gasteiger partial charge in [-0.1, -0.05) is 0 Å². The van der Waals surface area contributed by atoms with E-state index in [0.29, 0.717) is 6.54 Å². The molecule has 2 aliphatic rings. The molecule has 0 spiro atoms. The molecule has 1 atom stereocenters. The second-order valence-electron chi connectivity index (χ2n) is 7.57. The van der Waals surface area contributed by atoms with E-state index in [1.54, 1.807) is 6.33 Å². The van der Waals surface area contributed by atoms with Gasteiger partial charge in [-0.25, -0.2) is 23.1 Å². The molecule has 1 aromatic carbocycles. The van der Waals surface area contributed by atoms with Gasteiger partial charge in [0.25, 0.3) is 0 Å². The monoisotopic (exact) mass is 405 g/mol. The highest BCUT2D eigenvalue weighted by molar-refractivity contribution is 7.88. The predicted molar refractivity (Wildman–Crippen MR) is 110 cm³/mol. The van der Waals surface area contributed by atoms with E-state index in [2.05, 4.69) is 42.7 Å². The number of piperidine rings is 1. The van der Waals surface area contributed by atoms with Crippen LogP contribution in [0.4, 0.5) is 11.5 Å². The molecule has 0 bridgehead atoms. The Balaban J connectivity index is 1.58. The second-order valence-corrected chi connectivity index (χ2v) is 9.41. The number of morpholine rings is 1. The Morgan fingerprint density at radius 2 is 2.00 bits per heavy atom. The van der Waals surface area contributed by atoms with Crippen molar-refractivity contribution >= 4 is 32.4 Å². The summed E-state index contributed by atoms with van der Waals surface area (Å²) < 4.78 is 31.0. The molecule has 2 saturated heterocycles. The summed E-state index contributed by atoms with van der Waals surface area (Å²) >= 11 is 0. The molecule has 0 amide bonds. The van der Waals surface area contributed by atoms with Crippen molar-refractivity contribution in [3.8, 4) is 0 Å². The summed E-state index contributed by atoms with van der Waals surface area (Å²) in [6, 6.07) is 6.34. The molecule has 2 aromatic rings. The molecular formula is C19H27N5O3S. The average molecular weight is 406 g/mol. The maximum Gasteiger partial charge on any atom is 0.208 e. The number of rotatable bonds is 5. The van der Waals surface area contributed by atoms with Crippen molar-refractivity contribution < 1.29 is 13.2 Å². The molecule has 0 aliphatic carbocycles. The quantitative estimate of drug-likeness (QED) is 0.800. The van der Waals surface area contributed by atoms with Crippen molar-refractivity contribution in [1.82, 2.24) is 14.7 Å². The number of nitrogens with zero attached hydrogens (tertiary/aromatic N) is 4. The Morgan fingerprint density at radius 1 is 1.18 bits per heavy atom. The van der Waals surface area contributed by atoms with Gasteiger partial charge in [0, 0.05) is 43.8 Å². The van der Waals surface area contributed by atoms with E-state index in [-0.39, 0.29) is 5.92 Å². The summed E-state index contributed by atoms with van der Waals surface area (Å²) in [4.78, 5) is 13.6. The van der Waals surface area contributed by atoms with E-state index >= 15 is 0 Å². The third-order valence-electron chi connectivity index (χ3n) is 5.43. The molecule has 9 heteroatoms. The number of sulfonamides is 1. The van der Waals surface area contributed by atoms with Gasteiger partial charge in [-0.05, 0) is 37.0 Å². The molecule has 8 nitrogen and oxygen atoms in total. The van der Waals surface area contributed by atoms with E-state index in [9.17, 15) is 8.42 Å². The highest BCUT2D eigenvalue weighted by Crippen LogP contribution is 2.30. The first-order valence-corrected chi connectivity index (χ1v) is 11.7. The number of anilines is 2. The number of benzene rings is 1. The number of ether oxygens (including phenoxy) is 1. The topological polar surface area (TPSA) is 87.7 Å². The Kier molecular flexibility index (Phi) is 5.65. The van der Waals surface area contributed by atoms with Crippen molar-refractivity contribution in [2.75, 3.05) is 62.0 Å². The fourth-order valence-electron chi connectivity index (χ4n) is 3.99. The Bertz CT molecular complexity index is 930. The van der Waals surface area contributed by atoms with Gasteiger partial charge >= 0.3 is 0 Å². The van der Waals surface area contributed by atoms with Crippen LogP contribution in [0.15, 0.2) is 24.5 Å². The minimum absolute atomic E-state index is 0.274. The van der Waals surface area contributed by atoms with Gasteiger partial charge in [0.2, 0.25) is 10.0 Å².